The Bertz CT molecular complexity index is 477. The van der Waals surface area contributed by atoms with E-state index in [1.807, 2.05) is 13.8 Å². The first-order valence-electron chi connectivity index (χ1n) is 7.90. The van der Waals surface area contributed by atoms with E-state index in [1.54, 1.807) is 6.33 Å². The molecule has 2 aliphatic rings. The van der Waals surface area contributed by atoms with E-state index in [4.69, 9.17) is 4.74 Å². The molecule has 0 spiro atoms. The average molecular weight is 275 g/mol. The average Bonchev–Trinajstić information content (AvgIpc) is 3.06. The van der Waals surface area contributed by atoms with Gasteiger partial charge in [-0.3, -0.25) is 0 Å². The standard InChI is InChI=1S/C16H25N3O/c1-4-20-16-10(2)15(17-9-18-16)19-11(3)14-8-12-5-6-13(14)7-12/h9,11-14H,4-8H2,1-3H3,(H,17,18,19). The summed E-state index contributed by atoms with van der Waals surface area (Å²) in [5.41, 5.74) is 1.02. The summed E-state index contributed by atoms with van der Waals surface area (Å²) in [5.74, 6) is 4.35. The molecule has 1 N–H and O–H groups in total. The highest BCUT2D eigenvalue weighted by atomic mass is 16.5. The molecular formula is C16H25N3O. The fourth-order valence-electron chi connectivity index (χ4n) is 4.09. The van der Waals surface area contributed by atoms with Crippen LogP contribution in [0.1, 0.15) is 45.1 Å². The van der Waals surface area contributed by atoms with E-state index in [-0.39, 0.29) is 0 Å². The number of rotatable bonds is 5. The van der Waals surface area contributed by atoms with Gasteiger partial charge in [-0.15, -0.1) is 0 Å². The van der Waals surface area contributed by atoms with Gasteiger partial charge in [0, 0.05) is 6.04 Å². The first kappa shape index (κ1) is 13.7. The summed E-state index contributed by atoms with van der Waals surface area (Å²) >= 11 is 0. The normalized spacial score (nSPS) is 29.4. The summed E-state index contributed by atoms with van der Waals surface area (Å²) in [6.45, 7) is 6.94. The van der Waals surface area contributed by atoms with Gasteiger partial charge in [0.15, 0.2) is 0 Å². The van der Waals surface area contributed by atoms with Gasteiger partial charge in [-0.25, -0.2) is 9.97 Å². The van der Waals surface area contributed by atoms with Crippen LogP contribution in [0.2, 0.25) is 0 Å². The van der Waals surface area contributed by atoms with Crippen molar-refractivity contribution >= 4 is 5.82 Å². The Morgan fingerprint density at radius 3 is 2.85 bits per heavy atom. The van der Waals surface area contributed by atoms with Crippen molar-refractivity contribution in [1.82, 2.24) is 9.97 Å². The molecule has 0 aromatic carbocycles. The van der Waals surface area contributed by atoms with Crippen LogP contribution in [0.4, 0.5) is 5.82 Å². The molecule has 0 aliphatic heterocycles. The maximum Gasteiger partial charge on any atom is 0.221 e. The number of nitrogens with zero attached hydrogens (tertiary/aromatic N) is 2. The van der Waals surface area contributed by atoms with Crippen LogP contribution in [0.5, 0.6) is 5.88 Å². The lowest BCUT2D eigenvalue weighted by atomic mass is 9.84. The van der Waals surface area contributed by atoms with Crippen LogP contribution in [0.3, 0.4) is 0 Å². The maximum absolute atomic E-state index is 5.54. The predicted molar refractivity (Wildman–Crippen MR) is 80.0 cm³/mol. The van der Waals surface area contributed by atoms with Crippen molar-refractivity contribution in [2.75, 3.05) is 11.9 Å². The lowest BCUT2D eigenvalue weighted by molar-refractivity contribution is 0.303. The van der Waals surface area contributed by atoms with Crippen LogP contribution >= 0.6 is 0 Å². The summed E-state index contributed by atoms with van der Waals surface area (Å²) in [7, 11) is 0. The van der Waals surface area contributed by atoms with Crippen LogP contribution in [0.15, 0.2) is 6.33 Å². The summed E-state index contributed by atoms with van der Waals surface area (Å²) in [6.07, 6.45) is 7.31. The van der Waals surface area contributed by atoms with E-state index in [2.05, 4.69) is 22.2 Å². The maximum atomic E-state index is 5.54. The van der Waals surface area contributed by atoms with Crippen molar-refractivity contribution in [3.63, 3.8) is 0 Å². The third-order valence-corrected chi connectivity index (χ3v) is 5.12. The minimum atomic E-state index is 0.480. The molecule has 20 heavy (non-hydrogen) atoms. The zero-order chi connectivity index (χ0) is 14.1. The molecule has 4 nitrogen and oxygen atoms in total. The molecule has 1 aromatic heterocycles. The van der Waals surface area contributed by atoms with Gasteiger partial charge in [-0.05, 0) is 57.8 Å². The van der Waals surface area contributed by atoms with Crippen LogP contribution in [-0.4, -0.2) is 22.6 Å². The van der Waals surface area contributed by atoms with E-state index in [9.17, 15) is 0 Å². The fraction of sp³-hybridized carbons (Fsp3) is 0.750. The van der Waals surface area contributed by atoms with Gasteiger partial charge in [-0.1, -0.05) is 6.42 Å². The van der Waals surface area contributed by atoms with Gasteiger partial charge in [0.2, 0.25) is 5.88 Å². The molecule has 2 fully saturated rings. The highest BCUT2D eigenvalue weighted by Crippen LogP contribution is 2.49. The van der Waals surface area contributed by atoms with E-state index in [0.717, 1.165) is 29.1 Å². The summed E-state index contributed by atoms with van der Waals surface area (Å²) in [5, 5.41) is 3.60. The Balaban J connectivity index is 1.69. The van der Waals surface area contributed by atoms with Crippen molar-refractivity contribution in [1.29, 1.82) is 0 Å². The number of aromatic nitrogens is 2. The Morgan fingerprint density at radius 2 is 2.20 bits per heavy atom. The van der Waals surface area contributed by atoms with Gasteiger partial charge in [0.1, 0.15) is 12.1 Å². The van der Waals surface area contributed by atoms with E-state index in [1.165, 1.54) is 25.7 Å². The molecule has 0 amide bonds. The van der Waals surface area contributed by atoms with Gasteiger partial charge in [0.05, 0.1) is 12.2 Å². The molecular weight excluding hydrogens is 250 g/mol. The van der Waals surface area contributed by atoms with E-state index < -0.39 is 0 Å². The highest BCUT2D eigenvalue weighted by molar-refractivity contribution is 5.48. The zero-order valence-electron chi connectivity index (χ0n) is 12.7. The van der Waals surface area contributed by atoms with Crippen LogP contribution < -0.4 is 10.1 Å². The molecule has 4 atom stereocenters. The van der Waals surface area contributed by atoms with Crippen LogP contribution in [-0.2, 0) is 0 Å². The molecule has 4 heteroatoms. The zero-order valence-corrected chi connectivity index (χ0v) is 12.7. The Labute approximate surface area is 121 Å². The molecule has 0 saturated heterocycles. The Hall–Kier alpha value is -1.32. The monoisotopic (exact) mass is 275 g/mol. The van der Waals surface area contributed by atoms with Gasteiger partial charge >= 0.3 is 0 Å². The van der Waals surface area contributed by atoms with E-state index >= 15 is 0 Å². The van der Waals surface area contributed by atoms with Gasteiger partial charge in [-0.2, -0.15) is 0 Å². The van der Waals surface area contributed by atoms with Crippen molar-refractivity contribution < 1.29 is 4.74 Å². The lowest BCUT2D eigenvalue weighted by Crippen LogP contribution is -2.30. The van der Waals surface area contributed by atoms with Crippen LogP contribution in [0.25, 0.3) is 0 Å². The highest BCUT2D eigenvalue weighted by Gasteiger charge is 2.41. The van der Waals surface area contributed by atoms with Crippen molar-refractivity contribution in [3.8, 4) is 5.88 Å². The topological polar surface area (TPSA) is 47.0 Å². The third-order valence-electron chi connectivity index (χ3n) is 5.12. The fourth-order valence-corrected chi connectivity index (χ4v) is 4.09. The minimum Gasteiger partial charge on any atom is -0.478 e. The first-order chi connectivity index (χ1) is 9.69. The quantitative estimate of drug-likeness (QED) is 0.894. The van der Waals surface area contributed by atoms with E-state index in [0.29, 0.717) is 18.5 Å². The van der Waals surface area contributed by atoms with Gasteiger partial charge < -0.3 is 10.1 Å². The second-order valence-electron chi connectivity index (χ2n) is 6.36. The minimum absolute atomic E-state index is 0.480. The molecule has 4 unspecified atom stereocenters. The largest absolute Gasteiger partial charge is 0.478 e. The Morgan fingerprint density at radius 1 is 1.35 bits per heavy atom. The van der Waals surface area contributed by atoms with Crippen molar-refractivity contribution in [2.45, 2.75) is 52.5 Å². The molecule has 1 heterocycles. The molecule has 110 valence electrons. The predicted octanol–water partition coefficient (Wildman–Crippen LogP) is 3.42. The number of anilines is 1. The molecule has 1 aromatic rings. The first-order valence-corrected chi connectivity index (χ1v) is 7.90. The third kappa shape index (κ3) is 2.48. The summed E-state index contributed by atoms with van der Waals surface area (Å²) < 4.78 is 5.54. The number of nitrogens with one attached hydrogen (secondary N) is 1. The second-order valence-corrected chi connectivity index (χ2v) is 6.36. The summed E-state index contributed by atoms with van der Waals surface area (Å²) in [4.78, 5) is 8.59. The molecule has 3 rings (SSSR count). The molecule has 0 radical (unpaired) electrons. The molecule has 2 aliphatic carbocycles. The van der Waals surface area contributed by atoms with Crippen molar-refractivity contribution in [2.24, 2.45) is 17.8 Å². The SMILES string of the molecule is CCOc1ncnc(NC(C)C2CC3CCC2C3)c1C. The molecule has 2 saturated carbocycles. The van der Waals surface area contributed by atoms with Gasteiger partial charge in [0.25, 0.3) is 0 Å². The smallest absolute Gasteiger partial charge is 0.221 e. The molecule has 2 bridgehead atoms. The number of hydrogen-bond acceptors (Lipinski definition) is 4. The van der Waals surface area contributed by atoms with Crippen LogP contribution in [0, 0.1) is 24.7 Å². The lowest BCUT2D eigenvalue weighted by Gasteiger charge is -2.29. The summed E-state index contributed by atoms with van der Waals surface area (Å²) in [6, 6.07) is 0.480. The van der Waals surface area contributed by atoms with Crippen molar-refractivity contribution in [3.05, 3.63) is 11.9 Å². The Kier molecular flexibility index (Phi) is 3.81. The number of fused-ring (bicyclic) bond motifs is 2. The second kappa shape index (κ2) is 5.58. The number of hydrogen-bond donors (Lipinski definition) is 1. The number of ether oxygens (including phenoxy) is 1.